The van der Waals surface area contributed by atoms with Gasteiger partial charge in [-0.1, -0.05) is 6.07 Å². The summed E-state index contributed by atoms with van der Waals surface area (Å²) >= 11 is 0. The maximum Gasteiger partial charge on any atom is 0.291 e. The van der Waals surface area contributed by atoms with Gasteiger partial charge in [0.2, 0.25) is 11.7 Å². The summed E-state index contributed by atoms with van der Waals surface area (Å²) in [6, 6.07) is 3.88. The first-order chi connectivity index (χ1) is 12.7. The minimum absolute atomic E-state index is 0.0376. The summed E-state index contributed by atoms with van der Waals surface area (Å²) in [5.41, 5.74) is 0.993. The lowest BCUT2D eigenvalue weighted by molar-refractivity contribution is -0.139. The summed E-state index contributed by atoms with van der Waals surface area (Å²) in [5, 5.41) is 6.42. The third-order valence-electron chi connectivity index (χ3n) is 5.41. The zero-order valence-electron chi connectivity index (χ0n) is 14.6. The molecule has 26 heavy (non-hydrogen) atoms. The molecule has 0 saturated carbocycles. The second-order valence-electron chi connectivity index (χ2n) is 7.28. The van der Waals surface area contributed by atoms with Gasteiger partial charge in [-0.25, -0.2) is 4.98 Å². The molecule has 1 N–H and O–H groups in total. The highest BCUT2D eigenvalue weighted by Crippen LogP contribution is 2.39. The molecule has 4 rings (SSSR count). The van der Waals surface area contributed by atoms with Crippen LogP contribution in [0.3, 0.4) is 0 Å². The summed E-state index contributed by atoms with van der Waals surface area (Å²) < 4.78 is 0. The van der Waals surface area contributed by atoms with Crippen molar-refractivity contribution in [2.24, 2.45) is 5.41 Å². The molecule has 136 valence electrons. The smallest absolute Gasteiger partial charge is 0.291 e. The molecule has 0 unspecified atom stereocenters. The fourth-order valence-corrected chi connectivity index (χ4v) is 4.13. The number of pyridine rings is 1. The SMILES string of the molecule is O=C1CC[C@]2(CCCN(C(=O)c3ncn[nH]3)C2)CN1Cc1cccnc1. The van der Waals surface area contributed by atoms with Crippen LogP contribution in [0.1, 0.15) is 41.9 Å². The largest absolute Gasteiger partial charge is 0.338 e. The first kappa shape index (κ1) is 16.7. The number of H-pyrrole nitrogens is 1. The van der Waals surface area contributed by atoms with Gasteiger partial charge < -0.3 is 9.80 Å². The molecule has 2 aliphatic rings. The Labute approximate surface area is 151 Å². The lowest BCUT2D eigenvalue weighted by Crippen LogP contribution is -2.55. The van der Waals surface area contributed by atoms with E-state index >= 15 is 0 Å². The minimum Gasteiger partial charge on any atom is -0.338 e. The summed E-state index contributed by atoms with van der Waals surface area (Å²) in [6.45, 7) is 2.63. The zero-order valence-corrected chi connectivity index (χ0v) is 14.6. The quantitative estimate of drug-likeness (QED) is 0.895. The van der Waals surface area contributed by atoms with Crippen molar-refractivity contribution in [2.45, 2.75) is 32.2 Å². The van der Waals surface area contributed by atoms with Crippen molar-refractivity contribution in [2.75, 3.05) is 19.6 Å². The second-order valence-corrected chi connectivity index (χ2v) is 7.28. The molecule has 2 saturated heterocycles. The van der Waals surface area contributed by atoms with Crippen LogP contribution in [0.5, 0.6) is 0 Å². The molecule has 8 heteroatoms. The van der Waals surface area contributed by atoms with Crippen LogP contribution >= 0.6 is 0 Å². The van der Waals surface area contributed by atoms with E-state index in [1.807, 2.05) is 21.9 Å². The van der Waals surface area contributed by atoms with Gasteiger partial charge in [0.15, 0.2) is 0 Å². The van der Waals surface area contributed by atoms with E-state index in [4.69, 9.17) is 0 Å². The highest BCUT2D eigenvalue weighted by molar-refractivity contribution is 5.90. The molecule has 1 spiro atoms. The van der Waals surface area contributed by atoms with Crippen molar-refractivity contribution in [3.63, 3.8) is 0 Å². The summed E-state index contributed by atoms with van der Waals surface area (Å²) in [7, 11) is 0. The number of hydrogen-bond acceptors (Lipinski definition) is 5. The number of piperidine rings is 2. The highest BCUT2D eigenvalue weighted by Gasteiger charge is 2.43. The van der Waals surface area contributed by atoms with Gasteiger partial charge in [0.1, 0.15) is 6.33 Å². The molecule has 0 radical (unpaired) electrons. The van der Waals surface area contributed by atoms with Gasteiger partial charge in [-0.2, -0.15) is 5.10 Å². The zero-order chi connectivity index (χ0) is 18.0. The lowest BCUT2D eigenvalue weighted by Gasteiger charge is -2.48. The van der Waals surface area contributed by atoms with E-state index in [2.05, 4.69) is 20.2 Å². The molecule has 8 nitrogen and oxygen atoms in total. The number of hydrogen-bond donors (Lipinski definition) is 1. The number of aromatic amines is 1. The summed E-state index contributed by atoms with van der Waals surface area (Å²) in [5.74, 6) is 0.344. The molecule has 0 bridgehead atoms. The van der Waals surface area contributed by atoms with E-state index in [0.717, 1.165) is 31.4 Å². The van der Waals surface area contributed by atoms with Crippen LogP contribution in [-0.2, 0) is 11.3 Å². The minimum atomic E-state index is -0.114. The van der Waals surface area contributed by atoms with Gasteiger partial charge in [0.25, 0.3) is 5.91 Å². The molecule has 2 aromatic rings. The van der Waals surface area contributed by atoms with E-state index in [0.29, 0.717) is 26.1 Å². The Morgan fingerprint density at radius 3 is 3.00 bits per heavy atom. The van der Waals surface area contributed by atoms with Gasteiger partial charge in [-0.05, 0) is 30.9 Å². The third-order valence-corrected chi connectivity index (χ3v) is 5.41. The van der Waals surface area contributed by atoms with Crippen molar-refractivity contribution in [1.29, 1.82) is 0 Å². The number of amides is 2. The number of carbonyl (C=O) groups is 2. The number of nitrogens with one attached hydrogen (secondary N) is 1. The van der Waals surface area contributed by atoms with E-state index in [9.17, 15) is 9.59 Å². The van der Waals surface area contributed by atoms with Gasteiger partial charge in [0.05, 0.1) is 0 Å². The van der Waals surface area contributed by atoms with Crippen molar-refractivity contribution in [1.82, 2.24) is 30.0 Å². The molecule has 4 heterocycles. The van der Waals surface area contributed by atoms with Crippen molar-refractivity contribution >= 4 is 11.8 Å². The fourth-order valence-electron chi connectivity index (χ4n) is 4.13. The standard InChI is InChI=1S/C18H22N6O2/c25-15-4-6-18(12-24(15)10-14-3-1-7-19-9-14)5-2-8-23(11-18)17(26)16-20-13-21-22-16/h1,3,7,9,13H,2,4-6,8,10-12H2,(H,20,21,22)/t18-/m0/s1. The Balaban J connectivity index is 1.48. The van der Waals surface area contributed by atoms with Crippen LogP contribution in [0.2, 0.25) is 0 Å². The third kappa shape index (κ3) is 3.31. The normalized spacial score (nSPS) is 23.5. The van der Waals surface area contributed by atoms with Gasteiger partial charge in [-0.3, -0.25) is 19.7 Å². The van der Waals surface area contributed by atoms with E-state index in [-0.39, 0.29) is 23.1 Å². The monoisotopic (exact) mass is 354 g/mol. The average Bonchev–Trinajstić information content (AvgIpc) is 3.20. The predicted octanol–water partition coefficient (Wildman–Crippen LogP) is 1.24. The van der Waals surface area contributed by atoms with Crippen molar-refractivity contribution in [3.05, 3.63) is 42.2 Å². The number of carbonyl (C=O) groups excluding carboxylic acids is 2. The lowest BCUT2D eigenvalue weighted by atomic mass is 9.73. The number of aromatic nitrogens is 4. The molecule has 2 aromatic heterocycles. The Hall–Kier alpha value is -2.77. The van der Waals surface area contributed by atoms with Crippen LogP contribution in [0, 0.1) is 5.41 Å². The van der Waals surface area contributed by atoms with Crippen LogP contribution in [0.4, 0.5) is 0 Å². The summed E-state index contributed by atoms with van der Waals surface area (Å²) in [4.78, 5) is 36.9. The Bertz CT molecular complexity index is 778. The molecule has 2 fully saturated rings. The Kier molecular flexibility index (Phi) is 4.40. The Morgan fingerprint density at radius 2 is 2.23 bits per heavy atom. The van der Waals surface area contributed by atoms with Gasteiger partial charge >= 0.3 is 0 Å². The van der Waals surface area contributed by atoms with Gasteiger partial charge in [-0.15, -0.1) is 0 Å². The molecule has 2 aliphatic heterocycles. The fraction of sp³-hybridized carbons (Fsp3) is 0.500. The van der Waals surface area contributed by atoms with Crippen molar-refractivity contribution in [3.8, 4) is 0 Å². The molecular formula is C18H22N6O2. The topological polar surface area (TPSA) is 95.1 Å². The van der Waals surface area contributed by atoms with E-state index < -0.39 is 0 Å². The molecule has 0 aliphatic carbocycles. The number of rotatable bonds is 3. The summed E-state index contributed by atoms with van der Waals surface area (Å²) in [6.07, 6.45) is 8.22. The van der Waals surface area contributed by atoms with Crippen LogP contribution in [0.25, 0.3) is 0 Å². The first-order valence-corrected chi connectivity index (χ1v) is 8.97. The first-order valence-electron chi connectivity index (χ1n) is 8.97. The van der Waals surface area contributed by atoms with Crippen LogP contribution in [-0.4, -0.2) is 61.4 Å². The van der Waals surface area contributed by atoms with E-state index in [1.54, 1.807) is 12.4 Å². The van der Waals surface area contributed by atoms with Crippen LogP contribution < -0.4 is 0 Å². The van der Waals surface area contributed by atoms with Crippen molar-refractivity contribution < 1.29 is 9.59 Å². The van der Waals surface area contributed by atoms with Gasteiger partial charge in [0, 0.05) is 50.4 Å². The predicted molar refractivity (Wildman–Crippen MR) is 92.8 cm³/mol. The number of nitrogens with zero attached hydrogens (tertiary/aromatic N) is 5. The molecule has 2 amide bonds. The van der Waals surface area contributed by atoms with E-state index in [1.165, 1.54) is 6.33 Å². The maximum absolute atomic E-state index is 12.6. The molecule has 0 aromatic carbocycles. The van der Waals surface area contributed by atoms with Crippen LogP contribution in [0.15, 0.2) is 30.9 Å². The second kappa shape index (κ2) is 6.86. The highest BCUT2D eigenvalue weighted by atomic mass is 16.2. The number of likely N-dealkylation sites (tertiary alicyclic amines) is 2. The molecular weight excluding hydrogens is 332 g/mol. The Morgan fingerprint density at radius 1 is 1.31 bits per heavy atom. The molecule has 1 atom stereocenters. The average molecular weight is 354 g/mol. The maximum atomic E-state index is 12.6.